The van der Waals surface area contributed by atoms with Crippen molar-refractivity contribution in [3.63, 3.8) is 0 Å². The van der Waals surface area contributed by atoms with E-state index in [-0.39, 0.29) is 5.78 Å². The Morgan fingerprint density at radius 1 is 1.50 bits per heavy atom. The Balaban J connectivity index is 2.65. The topological polar surface area (TPSA) is 46.6 Å². The van der Waals surface area contributed by atoms with Crippen LogP contribution in [0.2, 0.25) is 0 Å². The minimum Gasteiger partial charge on any atom is -0.444 e. The predicted octanol–water partition coefficient (Wildman–Crippen LogP) is 2.00. The molecule has 1 fully saturated rings. The van der Waals surface area contributed by atoms with Gasteiger partial charge in [-0.3, -0.25) is 4.79 Å². The van der Waals surface area contributed by atoms with Gasteiger partial charge in [-0.25, -0.2) is 4.79 Å². The third-order valence-electron chi connectivity index (χ3n) is 2.79. The Bertz CT molecular complexity index is 406. The lowest BCUT2D eigenvalue weighted by Crippen LogP contribution is -2.62. The van der Waals surface area contributed by atoms with E-state index in [1.165, 1.54) is 4.90 Å². The first-order chi connectivity index (χ1) is 8.24. The average molecular weight is 249 g/mol. The largest absolute Gasteiger partial charge is 0.444 e. The van der Waals surface area contributed by atoms with Crippen LogP contribution in [0.15, 0.2) is 12.7 Å². The molecule has 1 saturated heterocycles. The highest BCUT2D eigenvalue weighted by Crippen LogP contribution is 2.36. The van der Waals surface area contributed by atoms with E-state index >= 15 is 0 Å². The summed E-state index contributed by atoms with van der Waals surface area (Å²) in [4.78, 5) is 24.9. The van der Waals surface area contributed by atoms with Gasteiger partial charge in [0.25, 0.3) is 0 Å². The summed E-state index contributed by atoms with van der Waals surface area (Å²) >= 11 is 0. The quantitative estimate of drug-likeness (QED) is 0.436. The third kappa shape index (κ3) is 2.92. The molecule has 0 aliphatic carbocycles. The lowest BCUT2D eigenvalue weighted by atomic mass is 9.73. The number of ketones is 1. The minimum atomic E-state index is -0.659. The Morgan fingerprint density at radius 2 is 2.06 bits per heavy atom. The van der Waals surface area contributed by atoms with Gasteiger partial charge in [0.1, 0.15) is 5.60 Å². The van der Waals surface area contributed by atoms with Crippen LogP contribution in [0.1, 0.15) is 27.2 Å². The molecule has 1 aliphatic heterocycles. The van der Waals surface area contributed by atoms with E-state index < -0.39 is 17.1 Å². The van der Waals surface area contributed by atoms with Crippen LogP contribution in [0.4, 0.5) is 4.79 Å². The number of carbonyl (C=O) groups is 2. The summed E-state index contributed by atoms with van der Waals surface area (Å²) in [7, 11) is 0. The van der Waals surface area contributed by atoms with E-state index in [2.05, 4.69) is 12.5 Å². The zero-order valence-electron chi connectivity index (χ0n) is 11.2. The van der Waals surface area contributed by atoms with E-state index in [0.717, 1.165) is 0 Å². The van der Waals surface area contributed by atoms with Crippen LogP contribution in [0.3, 0.4) is 0 Å². The van der Waals surface area contributed by atoms with Gasteiger partial charge >= 0.3 is 6.09 Å². The molecule has 98 valence electrons. The smallest absolute Gasteiger partial charge is 0.410 e. The predicted molar refractivity (Wildman–Crippen MR) is 68.9 cm³/mol. The van der Waals surface area contributed by atoms with Crippen LogP contribution in [-0.2, 0) is 9.53 Å². The Hall–Kier alpha value is -1.76. The summed E-state index contributed by atoms with van der Waals surface area (Å²) in [6, 6.07) is 0. The van der Waals surface area contributed by atoms with Gasteiger partial charge in [-0.05, 0) is 33.1 Å². The molecule has 1 heterocycles. The van der Waals surface area contributed by atoms with Crippen molar-refractivity contribution in [1.82, 2.24) is 4.90 Å². The molecule has 0 spiro atoms. The maximum Gasteiger partial charge on any atom is 0.410 e. The maximum atomic E-state index is 11.8. The number of amides is 1. The number of terminal acetylenes is 1. The molecule has 0 saturated carbocycles. The van der Waals surface area contributed by atoms with Gasteiger partial charge < -0.3 is 9.64 Å². The van der Waals surface area contributed by atoms with Crippen molar-refractivity contribution in [2.45, 2.75) is 32.8 Å². The fourth-order valence-electron chi connectivity index (χ4n) is 1.93. The van der Waals surface area contributed by atoms with E-state index in [1.807, 2.05) is 0 Å². The minimum absolute atomic E-state index is 0.276. The van der Waals surface area contributed by atoms with Gasteiger partial charge in [0.2, 0.25) is 5.78 Å². The number of ether oxygens (including phenoxy) is 1. The van der Waals surface area contributed by atoms with Crippen LogP contribution in [0, 0.1) is 17.8 Å². The number of Topliss-reactive ketones (excluding diaryl/α,β-unsaturated/α-hetero) is 1. The van der Waals surface area contributed by atoms with Crippen LogP contribution < -0.4 is 0 Å². The molecule has 0 aromatic rings. The van der Waals surface area contributed by atoms with Crippen LogP contribution in [0.25, 0.3) is 0 Å². The van der Waals surface area contributed by atoms with Crippen molar-refractivity contribution < 1.29 is 14.3 Å². The van der Waals surface area contributed by atoms with Crippen molar-refractivity contribution in [2.75, 3.05) is 13.1 Å². The second kappa shape index (κ2) is 4.85. The van der Waals surface area contributed by atoms with Crippen molar-refractivity contribution in [3.05, 3.63) is 12.7 Å². The number of rotatable bonds is 3. The molecule has 4 nitrogen and oxygen atoms in total. The van der Waals surface area contributed by atoms with Gasteiger partial charge in [0, 0.05) is 13.1 Å². The first-order valence-electron chi connectivity index (χ1n) is 5.84. The molecule has 0 unspecified atom stereocenters. The van der Waals surface area contributed by atoms with E-state index in [4.69, 9.17) is 11.2 Å². The standard InChI is InChI=1S/C14H19NO3/c1-6-8-14(11(16)7-2)9-15(10-14)12(17)18-13(3,4)5/h2,6H,1,8-10H2,3-5H3. The van der Waals surface area contributed by atoms with Gasteiger partial charge in [-0.15, -0.1) is 13.0 Å². The molecule has 1 aliphatic rings. The Labute approximate surface area is 108 Å². The summed E-state index contributed by atoms with van der Waals surface area (Å²) < 4.78 is 5.22. The maximum absolute atomic E-state index is 11.8. The highest BCUT2D eigenvalue weighted by atomic mass is 16.6. The summed E-state index contributed by atoms with van der Waals surface area (Å²) in [5.41, 5.74) is -1.20. The Morgan fingerprint density at radius 3 is 2.44 bits per heavy atom. The SMILES string of the molecule is C#CC(=O)C1(CC=C)CN(C(=O)OC(C)(C)C)C1. The number of hydrogen-bond donors (Lipinski definition) is 0. The molecule has 4 heteroatoms. The summed E-state index contributed by atoms with van der Waals surface area (Å²) in [6.07, 6.45) is 6.88. The molecule has 0 aromatic carbocycles. The van der Waals surface area contributed by atoms with Crippen molar-refractivity contribution >= 4 is 11.9 Å². The summed E-state index contributed by atoms with van der Waals surface area (Å²) in [5.74, 6) is 1.86. The molecule has 0 atom stereocenters. The second-order valence-corrected chi connectivity index (χ2v) is 5.58. The molecule has 0 radical (unpaired) electrons. The first-order valence-corrected chi connectivity index (χ1v) is 5.84. The van der Waals surface area contributed by atoms with Gasteiger partial charge in [0.15, 0.2) is 0 Å². The number of allylic oxidation sites excluding steroid dienone is 1. The monoisotopic (exact) mass is 249 g/mol. The molecule has 1 rings (SSSR count). The zero-order chi connectivity index (χ0) is 14.0. The van der Waals surface area contributed by atoms with Crippen molar-refractivity contribution in [1.29, 1.82) is 0 Å². The molecular weight excluding hydrogens is 230 g/mol. The van der Waals surface area contributed by atoms with E-state index in [9.17, 15) is 9.59 Å². The molecule has 0 bridgehead atoms. The fraction of sp³-hybridized carbons (Fsp3) is 0.571. The van der Waals surface area contributed by atoms with Crippen LogP contribution >= 0.6 is 0 Å². The highest BCUT2D eigenvalue weighted by Gasteiger charge is 2.50. The van der Waals surface area contributed by atoms with Gasteiger partial charge in [-0.1, -0.05) is 6.08 Å². The highest BCUT2D eigenvalue weighted by molar-refractivity contribution is 6.01. The molecule has 0 N–H and O–H groups in total. The number of likely N-dealkylation sites (tertiary alicyclic amines) is 1. The summed E-state index contributed by atoms with van der Waals surface area (Å²) in [5, 5.41) is 0. The molecule has 1 amide bonds. The molecule has 18 heavy (non-hydrogen) atoms. The van der Waals surface area contributed by atoms with Gasteiger partial charge in [-0.2, -0.15) is 0 Å². The first kappa shape index (κ1) is 14.3. The lowest BCUT2D eigenvalue weighted by Gasteiger charge is -2.47. The van der Waals surface area contributed by atoms with Crippen LogP contribution in [0.5, 0.6) is 0 Å². The second-order valence-electron chi connectivity index (χ2n) is 5.58. The lowest BCUT2D eigenvalue weighted by molar-refractivity contribution is -0.132. The normalized spacial score (nSPS) is 17.3. The molecular formula is C14H19NO3. The number of hydrogen-bond acceptors (Lipinski definition) is 3. The average Bonchev–Trinajstić information content (AvgIpc) is 2.18. The fourth-order valence-corrected chi connectivity index (χ4v) is 1.93. The number of carbonyl (C=O) groups excluding carboxylic acids is 2. The summed E-state index contributed by atoms with van der Waals surface area (Å²) in [6.45, 7) is 9.62. The third-order valence-corrected chi connectivity index (χ3v) is 2.79. The Kier molecular flexibility index (Phi) is 3.85. The van der Waals surface area contributed by atoms with E-state index in [1.54, 1.807) is 26.8 Å². The molecule has 0 aromatic heterocycles. The van der Waals surface area contributed by atoms with Crippen LogP contribution in [-0.4, -0.2) is 35.5 Å². The zero-order valence-corrected chi connectivity index (χ0v) is 11.2. The van der Waals surface area contributed by atoms with Crippen molar-refractivity contribution in [2.24, 2.45) is 5.41 Å². The van der Waals surface area contributed by atoms with Gasteiger partial charge in [0.05, 0.1) is 5.41 Å². The number of nitrogens with zero attached hydrogens (tertiary/aromatic N) is 1. The van der Waals surface area contributed by atoms with Crippen molar-refractivity contribution in [3.8, 4) is 12.3 Å². The van der Waals surface area contributed by atoms with E-state index in [0.29, 0.717) is 19.5 Å².